The first kappa shape index (κ1) is 16.3. The Labute approximate surface area is 142 Å². The summed E-state index contributed by atoms with van der Waals surface area (Å²) in [6.07, 6.45) is 1.56. The van der Waals surface area contributed by atoms with Gasteiger partial charge in [0.25, 0.3) is 0 Å². The molecular formula is C19H23N3O2. The maximum absolute atomic E-state index is 12.2. The molecule has 0 saturated carbocycles. The second kappa shape index (κ2) is 7.34. The highest BCUT2D eigenvalue weighted by Crippen LogP contribution is 2.15. The zero-order chi connectivity index (χ0) is 16.9. The summed E-state index contributed by atoms with van der Waals surface area (Å²) in [6, 6.07) is 14.3. The summed E-state index contributed by atoms with van der Waals surface area (Å²) in [4.78, 5) is 27.2. The van der Waals surface area contributed by atoms with E-state index in [0.717, 1.165) is 18.5 Å². The predicted molar refractivity (Wildman–Crippen MR) is 94.6 cm³/mol. The number of carbonyl (C=O) groups is 2. The summed E-state index contributed by atoms with van der Waals surface area (Å²) >= 11 is 0. The van der Waals surface area contributed by atoms with E-state index in [1.54, 1.807) is 11.9 Å². The number of urea groups is 1. The van der Waals surface area contributed by atoms with Crippen molar-refractivity contribution >= 4 is 22.7 Å². The van der Waals surface area contributed by atoms with Gasteiger partial charge in [0.1, 0.15) is 0 Å². The molecule has 1 aliphatic heterocycles. The number of hydrogen-bond acceptors (Lipinski definition) is 2. The Bertz CT molecular complexity index is 744. The highest BCUT2D eigenvalue weighted by atomic mass is 16.2. The van der Waals surface area contributed by atoms with Crippen LogP contribution < -0.4 is 5.32 Å². The summed E-state index contributed by atoms with van der Waals surface area (Å²) in [5, 5.41) is 5.30. The fourth-order valence-corrected chi connectivity index (χ4v) is 2.97. The van der Waals surface area contributed by atoms with Gasteiger partial charge >= 0.3 is 6.03 Å². The van der Waals surface area contributed by atoms with Crippen molar-refractivity contribution in [1.29, 1.82) is 0 Å². The van der Waals surface area contributed by atoms with E-state index < -0.39 is 0 Å². The minimum atomic E-state index is -0.116. The van der Waals surface area contributed by atoms with Gasteiger partial charge < -0.3 is 15.1 Å². The fourth-order valence-electron chi connectivity index (χ4n) is 2.97. The minimum Gasteiger partial charge on any atom is -0.341 e. The first-order valence-electron chi connectivity index (χ1n) is 8.38. The van der Waals surface area contributed by atoms with E-state index in [1.807, 2.05) is 23.1 Å². The molecule has 126 valence electrons. The number of rotatable bonds is 5. The minimum absolute atomic E-state index is 0.116. The molecule has 3 rings (SSSR count). The molecular weight excluding hydrogens is 302 g/mol. The van der Waals surface area contributed by atoms with Crippen molar-refractivity contribution in [2.24, 2.45) is 0 Å². The lowest BCUT2D eigenvalue weighted by Gasteiger charge is -2.22. The Morgan fingerprint density at radius 1 is 1.21 bits per heavy atom. The predicted octanol–water partition coefficient (Wildman–Crippen LogP) is 2.60. The third kappa shape index (κ3) is 3.85. The van der Waals surface area contributed by atoms with Gasteiger partial charge in [0, 0.05) is 39.6 Å². The molecule has 1 heterocycles. The Morgan fingerprint density at radius 3 is 2.75 bits per heavy atom. The number of benzene rings is 2. The van der Waals surface area contributed by atoms with Crippen LogP contribution in [0.15, 0.2) is 42.5 Å². The van der Waals surface area contributed by atoms with Crippen LogP contribution in [0.2, 0.25) is 0 Å². The summed E-state index contributed by atoms with van der Waals surface area (Å²) in [5.41, 5.74) is 1.07. The molecule has 1 saturated heterocycles. The normalized spacial score (nSPS) is 14.2. The fraction of sp³-hybridized carbons (Fsp3) is 0.368. The molecule has 3 amide bonds. The molecule has 1 N–H and O–H groups in total. The van der Waals surface area contributed by atoms with Crippen molar-refractivity contribution in [3.63, 3.8) is 0 Å². The Balaban J connectivity index is 1.49. The zero-order valence-electron chi connectivity index (χ0n) is 14.0. The molecule has 5 nitrogen and oxygen atoms in total. The van der Waals surface area contributed by atoms with Crippen molar-refractivity contribution in [1.82, 2.24) is 15.1 Å². The van der Waals surface area contributed by atoms with Gasteiger partial charge in [0.2, 0.25) is 5.91 Å². The van der Waals surface area contributed by atoms with Crippen LogP contribution in [0.1, 0.15) is 18.4 Å². The largest absolute Gasteiger partial charge is 0.341 e. The van der Waals surface area contributed by atoms with Gasteiger partial charge in [0.15, 0.2) is 0 Å². The van der Waals surface area contributed by atoms with E-state index in [-0.39, 0.29) is 11.9 Å². The number of likely N-dealkylation sites (N-methyl/N-ethyl adjacent to an activating group) is 1. The van der Waals surface area contributed by atoms with Crippen molar-refractivity contribution in [2.75, 3.05) is 26.7 Å². The van der Waals surface area contributed by atoms with E-state index >= 15 is 0 Å². The molecule has 0 atom stereocenters. The highest BCUT2D eigenvalue weighted by molar-refractivity contribution is 5.83. The van der Waals surface area contributed by atoms with Crippen LogP contribution in [0.4, 0.5) is 4.79 Å². The SMILES string of the molecule is CN(CCN1CCCC1=O)C(=O)NCc1ccc2ccccc2c1. The Morgan fingerprint density at radius 2 is 2.00 bits per heavy atom. The van der Waals surface area contributed by atoms with Crippen molar-refractivity contribution in [3.8, 4) is 0 Å². The van der Waals surface area contributed by atoms with Gasteiger partial charge in [-0.2, -0.15) is 0 Å². The average molecular weight is 325 g/mol. The Hall–Kier alpha value is -2.56. The van der Waals surface area contributed by atoms with Crippen LogP contribution in [0.3, 0.4) is 0 Å². The number of nitrogens with zero attached hydrogens (tertiary/aromatic N) is 2. The number of hydrogen-bond donors (Lipinski definition) is 1. The van der Waals surface area contributed by atoms with E-state index in [9.17, 15) is 9.59 Å². The number of amides is 3. The molecule has 1 aliphatic rings. The number of likely N-dealkylation sites (tertiary alicyclic amines) is 1. The molecule has 0 spiro atoms. The van der Waals surface area contributed by atoms with Crippen LogP contribution in [-0.2, 0) is 11.3 Å². The van der Waals surface area contributed by atoms with Crippen LogP contribution in [0.5, 0.6) is 0 Å². The molecule has 24 heavy (non-hydrogen) atoms. The standard InChI is InChI=1S/C19H23N3O2/c1-21(11-12-22-10-4-7-18(22)23)19(24)20-14-15-8-9-16-5-2-3-6-17(16)13-15/h2-3,5-6,8-9,13H,4,7,10-12,14H2,1H3,(H,20,24). The molecule has 2 aromatic rings. The molecule has 0 unspecified atom stereocenters. The van der Waals surface area contributed by atoms with Gasteiger partial charge in [-0.25, -0.2) is 4.79 Å². The quantitative estimate of drug-likeness (QED) is 0.919. The first-order chi connectivity index (χ1) is 11.6. The number of carbonyl (C=O) groups excluding carboxylic acids is 2. The van der Waals surface area contributed by atoms with Gasteiger partial charge in [0.05, 0.1) is 0 Å². The van der Waals surface area contributed by atoms with Gasteiger partial charge in [-0.05, 0) is 28.8 Å². The molecule has 0 radical (unpaired) electrons. The maximum atomic E-state index is 12.2. The lowest BCUT2D eigenvalue weighted by Crippen LogP contribution is -2.41. The summed E-state index contributed by atoms with van der Waals surface area (Å²) in [5.74, 6) is 0.194. The monoisotopic (exact) mass is 325 g/mol. The van der Waals surface area contributed by atoms with E-state index in [0.29, 0.717) is 26.1 Å². The van der Waals surface area contributed by atoms with E-state index in [2.05, 4.69) is 29.6 Å². The lowest BCUT2D eigenvalue weighted by atomic mass is 10.1. The first-order valence-corrected chi connectivity index (χ1v) is 8.38. The topological polar surface area (TPSA) is 52.7 Å². The summed E-state index contributed by atoms with van der Waals surface area (Å²) in [6.45, 7) is 2.47. The van der Waals surface area contributed by atoms with Crippen molar-refractivity contribution in [2.45, 2.75) is 19.4 Å². The number of fused-ring (bicyclic) bond motifs is 1. The van der Waals surface area contributed by atoms with Crippen LogP contribution in [0, 0.1) is 0 Å². The third-order valence-corrected chi connectivity index (χ3v) is 4.48. The maximum Gasteiger partial charge on any atom is 0.317 e. The third-order valence-electron chi connectivity index (χ3n) is 4.48. The molecule has 0 bridgehead atoms. The average Bonchev–Trinajstić information content (AvgIpc) is 3.02. The molecule has 0 aromatic heterocycles. The van der Waals surface area contributed by atoms with Gasteiger partial charge in [-0.15, -0.1) is 0 Å². The van der Waals surface area contributed by atoms with Crippen LogP contribution >= 0.6 is 0 Å². The highest BCUT2D eigenvalue weighted by Gasteiger charge is 2.20. The smallest absolute Gasteiger partial charge is 0.317 e. The summed E-state index contributed by atoms with van der Waals surface area (Å²) in [7, 11) is 1.76. The lowest BCUT2D eigenvalue weighted by molar-refractivity contribution is -0.127. The zero-order valence-corrected chi connectivity index (χ0v) is 14.0. The second-order valence-electron chi connectivity index (χ2n) is 6.25. The van der Waals surface area contributed by atoms with Crippen molar-refractivity contribution < 1.29 is 9.59 Å². The molecule has 0 aliphatic carbocycles. The van der Waals surface area contributed by atoms with E-state index in [4.69, 9.17) is 0 Å². The number of nitrogens with one attached hydrogen (secondary N) is 1. The van der Waals surface area contributed by atoms with Gasteiger partial charge in [-0.1, -0.05) is 36.4 Å². The van der Waals surface area contributed by atoms with Crippen molar-refractivity contribution in [3.05, 3.63) is 48.0 Å². The molecule has 1 fully saturated rings. The van der Waals surface area contributed by atoms with Gasteiger partial charge in [-0.3, -0.25) is 4.79 Å². The van der Waals surface area contributed by atoms with E-state index in [1.165, 1.54) is 10.8 Å². The second-order valence-corrected chi connectivity index (χ2v) is 6.25. The van der Waals surface area contributed by atoms with Crippen LogP contribution in [0.25, 0.3) is 10.8 Å². The van der Waals surface area contributed by atoms with Crippen LogP contribution in [-0.4, -0.2) is 48.4 Å². The molecule has 5 heteroatoms. The molecule has 2 aromatic carbocycles. The summed E-state index contributed by atoms with van der Waals surface area (Å²) < 4.78 is 0. The Kier molecular flexibility index (Phi) is 4.99.